The fourth-order valence-electron chi connectivity index (χ4n) is 3.43. The number of benzene rings is 2. The third kappa shape index (κ3) is 2.25. The number of ether oxygens (including phenoxy) is 1. The van der Waals surface area contributed by atoms with Crippen molar-refractivity contribution in [2.24, 2.45) is 0 Å². The molecule has 2 bridgehead atoms. The first-order valence-electron chi connectivity index (χ1n) is 7.62. The van der Waals surface area contributed by atoms with E-state index in [0.29, 0.717) is 11.4 Å². The summed E-state index contributed by atoms with van der Waals surface area (Å²) < 4.78 is 6.22. The van der Waals surface area contributed by atoms with Gasteiger partial charge in [0.05, 0.1) is 6.04 Å². The maximum atomic E-state index is 12.7. The number of fused-ring (bicyclic) bond motifs is 4. The zero-order valence-corrected chi connectivity index (χ0v) is 13.7. The van der Waals surface area contributed by atoms with Crippen LogP contribution in [0.5, 0.6) is 5.75 Å². The second-order valence-electron chi connectivity index (χ2n) is 6.34. The minimum atomic E-state index is -0.719. The van der Waals surface area contributed by atoms with Crippen LogP contribution in [-0.4, -0.2) is 11.8 Å². The summed E-state index contributed by atoms with van der Waals surface area (Å²) in [5.41, 5.74) is 2.19. The molecule has 0 saturated carbocycles. The molecular weight excluding hydrogens is 312 g/mol. The topological polar surface area (TPSA) is 41.6 Å². The van der Waals surface area contributed by atoms with E-state index in [2.05, 4.69) is 5.32 Å². The van der Waals surface area contributed by atoms with E-state index >= 15 is 0 Å². The smallest absolute Gasteiger partial charge is 0.325 e. The van der Waals surface area contributed by atoms with Gasteiger partial charge >= 0.3 is 6.03 Å². The molecule has 1 saturated heterocycles. The summed E-state index contributed by atoms with van der Waals surface area (Å²) in [6.45, 7) is 3.98. The molecule has 2 aliphatic heterocycles. The van der Waals surface area contributed by atoms with E-state index < -0.39 is 5.72 Å². The number of nitrogens with zero attached hydrogens (tertiary/aromatic N) is 1. The maximum absolute atomic E-state index is 12.7. The van der Waals surface area contributed by atoms with Gasteiger partial charge in [-0.3, -0.25) is 4.90 Å². The Labute approximate surface area is 140 Å². The lowest BCUT2D eigenvalue weighted by atomic mass is 9.90. The summed E-state index contributed by atoms with van der Waals surface area (Å²) in [5.74, 6) is 0.769. The molecule has 0 aliphatic carbocycles. The van der Waals surface area contributed by atoms with Crippen LogP contribution in [0.2, 0.25) is 5.02 Å². The Morgan fingerprint density at radius 3 is 2.74 bits per heavy atom. The van der Waals surface area contributed by atoms with E-state index in [1.165, 1.54) is 0 Å². The number of amides is 2. The minimum absolute atomic E-state index is 0.0864. The molecule has 5 heteroatoms. The maximum Gasteiger partial charge on any atom is 0.325 e. The van der Waals surface area contributed by atoms with E-state index in [-0.39, 0.29) is 12.1 Å². The molecule has 0 radical (unpaired) electrons. The molecular formula is C18H17ClN2O2. The number of hydrogen-bond donors (Lipinski definition) is 1. The van der Waals surface area contributed by atoms with Gasteiger partial charge in [-0.15, -0.1) is 0 Å². The molecule has 2 heterocycles. The molecule has 1 fully saturated rings. The van der Waals surface area contributed by atoms with Crippen molar-refractivity contribution in [1.82, 2.24) is 5.32 Å². The zero-order chi connectivity index (χ0) is 16.2. The summed E-state index contributed by atoms with van der Waals surface area (Å²) in [4.78, 5) is 14.4. The van der Waals surface area contributed by atoms with E-state index in [1.807, 2.05) is 56.3 Å². The van der Waals surface area contributed by atoms with Gasteiger partial charge in [0.25, 0.3) is 0 Å². The molecule has 23 heavy (non-hydrogen) atoms. The average molecular weight is 329 g/mol. The first kappa shape index (κ1) is 14.4. The molecule has 2 aromatic carbocycles. The molecule has 4 nitrogen and oxygen atoms in total. The van der Waals surface area contributed by atoms with Crippen LogP contribution < -0.4 is 15.0 Å². The number of halogens is 1. The number of urea groups is 1. The number of carbonyl (C=O) groups excluding carboxylic acids is 1. The van der Waals surface area contributed by atoms with Gasteiger partial charge in [-0.2, -0.15) is 0 Å². The van der Waals surface area contributed by atoms with Crippen molar-refractivity contribution in [3.63, 3.8) is 0 Å². The second kappa shape index (κ2) is 4.90. The van der Waals surface area contributed by atoms with Gasteiger partial charge in [0.15, 0.2) is 5.72 Å². The number of aryl methyl sites for hydroxylation is 1. The first-order chi connectivity index (χ1) is 11.0. The normalized spacial score (nSPS) is 25.4. The van der Waals surface area contributed by atoms with Crippen LogP contribution in [-0.2, 0) is 0 Å². The van der Waals surface area contributed by atoms with Crippen LogP contribution in [0.3, 0.4) is 0 Å². The number of anilines is 1. The SMILES string of the molecule is Cc1ccc(N2C(=O)N[C@@H]3C[C@]2(C)Oc2ccc(Cl)cc23)cc1. The Morgan fingerprint density at radius 1 is 1.26 bits per heavy atom. The summed E-state index contributed by atoms with van der Waals surface area (Å²) in [6.07, 6.45) is 0.667. The van der Waals surface area contributed by atoms with Crippen molar-refractivity contribution in [3.05, 3.63) is 58.6 Å². The summed E-state index contributed by atoms with van der Waals surface area (Å²) >= 11 is 6.09. The Bertz CT molecular complexity index is 790. The van der Waals surface area contributed by atoms with E-state index in [0.717, 1.165) is 22.6 Å². The zero-order valence-electron chi connectivity index (χ0n) is 13.0. The third-order valence-corrected chi connectivity index (χ3v) is 4.76. The summed E-state index contributed by atoms with van der Waals surface area (Å²) in [5, 5.41) is 3.71. The van der Waals surface area contributed by atoms with Gasteiger partial charge in [0.1, 0.15) is 5.75 Å². The molecule has 4 rings (SSSR count). The van der Waals surface area contributed by atoms with Crippen molar-refractivity contribution in [1.29, 1.82) is 0 Å². The molecule has 2 aliphatic rings. The van der Waals surface area contributed by atoms with Gasteiger partial charge in [0.2, 0.25) is 0 Å². The van der Waals surface area contributed by atoms with E-state index in [1.54, 1.807) is 4.90 Å². The van der Waals surface area contributed by atoms with Crippen LogP contribution in [0.15, 0.2) is 42.5 Å². The Kier molecular flexibility index (Phi) is 3.07. The van der Waals surface area contributed by atoms with E-state index in [9.17, 15) is 4.79 Å². The van der Waals surface area contributed by atoms with Gasteiger partial charge in [-0.25, -0.2) is 4.79 Å². The van der Waals surface area contributed by atoms with Crippen LogP contribution in [0.25, 0.3) is 0 Å². The van der Waals surface area contributed by atoms with Crippen LogP contribution in [0.4, 0.5) is 10.5 Å². The number of nitrogens with one attached hydrogen (secondary N) is 1. The fraction of sp³-hybridized carbons (Fsp3) is 0.278. The number of hydrogen-bond acceptors (Lipinski definition) is 2. The van der Waals surface area contributed by atoms with Crippen molar-refractivity contribution in [3.8, 4) is 5.75 Å². The molecule has 2 atom stereocenters. The van der Waals surface area contributed by atoms with Crippen LogP contribution in [0.1, 0.15) is 30.5 Å². The molecule has 118 valence electrons. The summed E-state index contributed by atoms with van der Waals surface area (Å²) in [7, 11) is 0. The van der Waals surface area contributed by atoms with Crippen molar-refractivity contribution >= 4 is 23.3 Å². The first-order valence-corrected chi connectivity index (χ1v) is 8.00. The van der Waals surface area contributed by atoms with Gasteiger partial charge in [-0.1, -0.05) is 29.3 Å². The van der Waals surface area contributed by atoms with Crippen LogP contribution in [0, 0.1) is 6.92 Å². The molecule has 0 spiro atoms. The van der Waals surface area contributed by atoms with Crippen molar-refractivity contribution in [2.75, 3.05) is 4.90 Å². The predicted octanol–water partition coefficient (Wildman–Crippen LogP) is 4.42. The molecule has 2 aromatic rings. The standard InChI is InChI=1S/C18H17ClN2O2/c1-11-3-6-13(7-4-11)21-17(22)20-15-10-18(21,2)23-16-8-5-12(19)9-14(15)16/h3-9,15H,10H2,1-2H3,(H,20,22)/t15-,18+/m1/s1. The molecule has 1 N–H and O–H groups in total. The lowest BCUT2D eigenvalue weighted by molar-refractivity contribution is 0.0379. The van der Waals surface area contributed by atoms with Gasteiger partial charge < -0.3 is 10.1 Å². The van der Waals surface area contributed by atoms with Gasteiger partial charge in [0, 0.05) is 22.7 Å². The third-order valence-electron chi connectivity index (χ3n) is 4.53. The van der Waals surface area contributed by atoms with Crippen molar-refractivity contribution in [2.45, 2.75) is 32.0 Å². The Morgan fingerprint density at radius 2 is 2.00 bits per heavy atom. The van der Waals surface area contributed by atoms with E-state index in [4.69, 9.17) is 16.3 Å². The molecule has 0 aromatic heterocycles. The number of carbonyl (C=O) groups is 1. The quantitative estimate of drug-likeness (QED) is 0.842. The minimum Gasteiger partial charge on any atom is -0.467 e. The monoisotopic (exact) mass is 328 g/mol. The predicted molar refractivity (Wildman–Crippen MR) is 90.0 cm³/mol. The van der Waals surface area contributed by atoms with Crippen molar-refractivity contribution < 1.29 is 9.53 Å². The molecule has 0 unspecified atom stereocenters. The average Bonchev–Trinajstić information content (AvgIpc) is 2.49. The highest BCUT2D eigenvalue weighted by Gasteiger charge is 2.49. The highest BCUT2D eigenvalue weighted by molar-refractivity contribution is 6.30. The van der Waals surface area contributed by atoms with Gasteiger partial charge in [-0.05, 0) is 44.2 Å². The fourth-order valence-corrected chi connectivity index (χ4v) is 3.61. The Balaban J connectivity index is 1.79. The molecule has 2 amide bonds. The Hall–Kier alpha value is -2.20. The van der Waals surface area contributed by atoms with Crippen LogP contribution >= 0.6 is 11.6 Å². The summed E-state index contributed by atoms with van der Waals surface area (Å²) in [6, 6.07) is 13.2. The lowest BCUT2D eigenvalue weighted by Gasteiger charge is -2.50. The highest BCUT2D eigenvalue weighted by atomic mass is 35.5. The number of rotatable bonds is 1. The largest absolute Gasteiger partial charge is 0.467 e. The highest BCUT2D eigenvalue weighted by Crippen LogP contribution is 2.46. The second-order valence-corrected chi connectivity index (χ2v) is 6.77. The lowest BCUT2D eigenvalue weighted by Crippen LogP contribution is -2.65.